The van der Waals surface area contributed by atoms with Gasteiger partial charge in [-0.25, -0.2) is 0 Å². The second-order valence-corrected chi connectivity index (χ2v) is 3.38. The van der Waals surface area contributed by atoms with Crippen LogP contribution in [0.15, 0.2) is 36.4 Å². The van der Waals surface area contributed by atoms with Gasteiger partial charge in [-0.1, -0.05) is 29.8 Å². The van der Waals surface area contributed by atoms with E-state index in [9.17, 15) is 0 Å². The topological polar surface area (TPSA) is 0 Å². The van der Waals surface area contributed by atoms with Gasteiger partial charge in [0.2, 0.25) is 0 Å². The van der Waals surface area contributed by atoms with Gasteiger partial charge in [0.1, 0.15) is 0 Å². The first-order valence-corrected chi connectivity index (χ1v) is 4.39. The lowest BCUT2D eigenvalue weighted by molar-refractivity contribution is 0.936. The fourth-order valence-corrected chi connectivity index (χ4v) is 1.24. The van der Waals surface area contributed by atoms with E-state index in [2.05, 4.69) is 44.7 Å². The molecule has 0 heteroatoms. The van der Waals surface area contributed by atoms with Gasteiger partial charge in [0.25, 0.3) is 0 Å². The van der Waals surface area contributed by atoms with Crippen molar-refractivity contribution in [1.82, 2.24) is 0 Å². The van der Waals surface area contributed by atoms with Crippen LogP contribution in [0.3, 0.4) is 0 Å². The monoisotopic (exact) mass is 160 g/mol. The Labute approximate surface area is 74.9 Å². The molecule has 0 saturated carbocycles. The van der Waals surface area contributed by atoms with Gasteiger partial charge in [-0.3, -0.25) is 0 Å². The van der Waals surface area contributed by atoms with Gasteiger partial charge in [-0.15, -0.1) is 6.58 Å². The molecule has 0 bridgehead atoms. The highest BCUT2D eigenvalue weighted by atomic mass is 14.0. The van der Waals surface area contributed by atoms with Crippen LogP contribution in [0, 0.1) is 6.92 Å². The summed E-state index contributed by atoms with van der Waals surface area (Å²) in [6, 6.07) is 8.53. The fourth-order valence-electron chi connectivity index (χ4n) is 1.24. The lowest BCUT2D eigenvalue weighted by atomic mass is 10.0. The van der Waals surface area contributed by atoms with E-state index in [-0.39, 0.29) is 0 Å². The lowest BCUT2D eigenvalue weighted by Gasteiger charge is -2.04. The van der Waals surface area contributed by atoms with E-state index in [1.54, 1.807) is 0 Å². The SMILES string of the molecule is C=C(C)CCc1ccccc1C. The smallest absolute Gasteiger partial charge is 0.0239 e. The zero-order valence-electron chi connectivity index (χ0n) is 7.93. The minimum absolute atomic E-state index is 1.10. The summed E-state index contributed by atoms with van der Waals surface area (Å²) in [5.74, 6) is 0. The molecule has 0 amide bonds. The summed E-state index contributed by atoms with van der Waals surface area (Å²) in [4.78, 5) is 0. The fraction of sp³-hybridized carbons (Fsp3) is 0.333. The first kappa shape index (κ1) is 9.05. The second-order valence-electron chi connectivity index (χ2n) is 3.38. The van der Waals surface area contributed by atoms with Crippen LogP contribution in [0.25, 0.3) is 0 Å². The van der Waals surface area contributed by atoms with Gasteiger partial charge >= 0.3 is 0 Å². The highest BCUT2D eigenvalue weighted by molar-refractivity contribution is 5.26. The predicted molar refractivity (Wildman–Crippen MR) is 54.3 cm³/mol. The number of allylic oxidation sites excluding steroid dienone is 1. The third-order valence-electron chi connectivity index (χ3n) is 2.08. The van der Waals surface area contributed by atoms with Gasteiger partial charge in [0.15, 0.2) is 0 Å². The summed E-state index contributed by atoms with van der Waals surface area (Å²) < 4.78 is 0. The molecule has 1 aromatic rings. The van der Waals surface area contributed by atoms with Crippen molar-refractivity contribution < 1.29 is 0 Å². The van der Waals surface area contributed by atoms with Crippen molar-refractivity contribution >= 4 is 0 Å². The molecule has 0 atom stereocenters. The van der Waals surface area contributed by atoms with Gasteiger partial charge in [0, 0.05) is 0 Å². The van der Waals surface area contributed by atoms with Gasteiger partial charge < -0.3 is 0 Å². The molecule has 0 radical (unpaired) electrons. The summed E-state index contributed by atoms with van der Waals surface area (Å²) in [5, 5.41) is 0. The summed E-state index contributed by atoms with van der Waals surface area (Å²) >= 11 is 0. The van der Waals surface area contributed by atoms with Crippen molar-refractivity contribution in [2.24, 2.45) is 0 Å². The minimum atomic E-state index is 1.10. The molecule has 0 spiro atoms. The Kier molecular flexibility index (Phi) is 3.09. The zero-order valence-corrected chi connectivity index (χ0v) is 7.93. The van der Waals surface area contributed by atoms with E-state index in [0.29, 0.717) is 0 Å². The van der Waals surface area contributed by atoms with Crippen LogP contribution in [0.4, 0.5) is 0 Å². The highest BCUT2D eigenvalue weighted by Gasteiger charge is 1.95. The molecule has 0 fully saturated rings. The Bertz CT molecular complexity index is 271. The molecule has 0 nitrogen and oxygen atoms in total. The number of aryl methyl sites for hydroxylation is 2. The second kappa shape index (κ2) is 4.10. The third kappa shape index (κ3) is 2.54. The molecule has 0 aliphatic carbocycles. The molecule has 0 aliphatic heterocycles. The molecule has 0 N–H and O–H groups in total. The maximum Gasteiger partial charge on any atom is -0.0239 e. The van der Waals surface area contributed by atoms with Gasteiger partial charge in [-0.2, -0.15) is 0 Å². The maximum atomic E-state index is 3.90. The molecule has 0 unspecified atom stereocenters. The van der Waals surface area contributed by atoms with E-state index in [0.717, 1.165) is 12.8 Å². The van der Waals surface area contributed by atoms with E-state index in [1.165, 1.54) is 16.7 Å². The van der Waals surface area contributed by atoms with Crippen molar-refractivity contribution in [2.75, 3.05) is 0 Å². The Balaban J connectivity index is 2.63. The average molecular weight is 160 g/mol. The normalized spacial score (nSPS) is 9.83. The van der Waals surface area contributed by atoms with E-state index >= 15 is 0 Å². The largest absolute Gasteiger partial charge is 0.100 e. The molecule has 0 saturated heterocycles. The Morgan fingerprint density at radius 3 is 2.58 bits per heavy atom. The van der Waals surface area contributed by atoms with Crippen LogP contribution >= 0.6 is 0 Å². The van der Waals surface area contributed by atoms with Crippen LogP contribution in [-0.2, 0) is 6.42 Å². The van der Waals surface area contributed by atoms with E-state index < -0.39 is 0 Å². The number of rotatable bonds is 3. The number of benzene rings is 1. The minimum Gasteiger partial charge on any atom is -0.100 e. The van der Waals surface area contributed by atoms with E-state index in [4.69, 9.17) is 0 Å². The Morgan fingerprint density at radius 1 is 1.33 bits per heavy atom. The summed E-state index contributed by atoms with van der Waals surface area (Å²) in [6.45, 7) is 8.14. The number of hydrogen-bond acceptors (Lipinski definition) is 0. The molecular formula is C12H16. The highest BCUT2D eigenvalue weighted by Crippen LogP contribution is 2.11. The van der Waals surface area contributed by atoms with Crippen molar-refractivity contribution in [1.29, 1.82) is 0 Å². The third-order valence-corrected chi connectivity index (χ3v) is 2.08. The molecule has 0 aliphatic rings. The van der Waals surface area contributed by atoms with Crippen molar-refractivity contribution in [3.63, 3.8) is 0 Å². The molecular weight excluding hydrogens is 144 g/mol. The average Bonchev–Trinajstić information content (AvgIpc) is 2.03. The van der Waals surface area contributed by atoms with Crippen LogP contribution in [-0.4, -0.2) is 0 Å². The summed E-state index contributed by atoms with van der Waals surface area (Å²) in [5.41, 5.74) is 4.09. The zero-order chi connectivity index (χ0) is 8.97. The van der Waals surface area contributed by atoms with Gasteiger partial charge in [-0.05, 0) is 37.8 Å². The number of hydrogen-bond donors (Lipinski definition) is 0. The van der Waals surface area contributed by atoms with Crippen LogP contribution in [0.5, 0.6) is 0 Å². The quantitative estimate of drug-likeness (QED) is 0.594. The molecule has 0 heterocycles. The molecule has 1 rings (SSSR count). The van der Waals surface area contributed by atoms with Gasteiger partial charge in [0.05, 0.1) is 0 Å². The Hall–Kier alpha value is -1.04. The van der Waals surface area contributed by atoms with Crippen molar-refractivity contribution in [3.05, 3.63) is 47.5 Å². The van der Waals surface area contributed by atoms with Crippen molar-refractivity contribution in [3.8, 4) is 0 Å². The maximum absolute atomic E-state index is 3.90. The summed E-state index contributed by atoms with van der Waals surface area (Å²) in [6.07, 6.45) is 2.23. The van der Waals surface area contributed by atoms with Crippen LogP contribution in [0.1, 0.15) is 24.5 Å². The van der Waals surface area contributed by atoms with Crippen molar-refractivity contribution in [2.45, 2.75) is 26.7 Å². The first-order chi connectivity index (χ1) is 5.70. The first-order valence-electron chi connectivity index (χ1n) is 4.39. The molecule has 0 aromatic heterocycles. The molecule has 1 aromatic carbocycles. The molecule has 64 valence electrons. The van der Waals surface area contributed by atoms with Crippen LogP contribution < -0.4 is 0 Å². The van der Waals surface area contributed by atoms with Crippen LogP contribution in [0.2, 0.25) is 0 Å². The lowest BCUT2D eigenvalue weighted by Crippen LogP contribution is -1.89. The van der Waals surface area contributed by atoms with E-state index in [1.807, 2.05) is 0 Å². The molecule has 12 heavy (non-hydrogen) atoms. The Morgan fingerprint density at radius 2 is 2.00 bits per heavy atom. The predicted octanol–water partition coefficient (Wildman–Crippen LogP) is 3.50. The standard InChI is InChI=1S/C12H16/c1-10(2)8-9-12-7-5-4-6-11(12)3/h4-7H,1,8-9H2,2-3H3. The summed E-state index contributed by atoms with van der Waals surface area (Å²) in [7, 11) is 0.